The maximum absolute atomic E-state index is 3.43. The van der Waals surface area contributed by atoms with Gasteiger partial charge in [0.05, 0.1) is 0 Å². The molecule has 0 radical (unpaired) electrons. The highest BCUT2D eigenvalue weighted by molar-refractivity contribution is 14.1. The van der Waals surface area contributed by atoms with E-state index in [-0.39, 0.29) is 0 Å². The summed E-state index contributed by atoms with van der Waals surface area (Å²) < 4.78 is 2.49. The van der Waals surface area contributed by atoms with Crippen LogP contribution >= 0.6 is 22.9 Å². The molecule has 0 spiro atoms. The van der Waals surface area contributed by atoms with Gasteiger partial charge in [-0.15, -0.1) is 0 Å². The number of halogens is 1. The second-order valence-corrected chi connectivity index (χ2v) is 4.00. The molecule has 9 heavy (non-hydrogen) atoms. The van der Waals surface area contributed by atoms with E-state index in [1.807, 2.05) is 0 Å². The number of piperazine rings is 1. The van der Waals surface area contributed by atoms with Gasteiger partial charge < -0.3 is 5.32 Å². The summed E-state index contributed by atoms with van der Waals surface area (Å²) in [5, 5.41) is 3.43. The largest absolute Gasteiger partial charge is 0.314 e. The second-order valence-electron chi connectivity index (χ2n) is 2.89. The Kier molecular flexibility index (Phi) is 1.67. The van der Waals surface area contributed by atoms with Crippen molar-refractivity contribution in [2.45, 2.75) is 24.9 Å². The van der Waals surface area contributed by atoms with Crippen molar-refractivity contribution < 1.29 is 0 Å². The molecule has 2 fully saturated rings. The lowest BCUT2D eigenvalue weighted by Crippen LogP contribution is -2.46. The van der Waals surface area contributed by atoms with Crippen molar-refractivity contribution in [2.24, 2.45) is 0 Å². The van der Waals surface area contributed by atoms with Crippen molar-refractivity contribution in [1.29, 1.82) is 0 Å². The van der Waals surface area contributed by atoms with Gasteiger partial charge in [-0.25, -0.2) is 3.11 Å². The minimum atomic E-state index is 0.837. The third-order valence-corrected chi connectivity index (χ3v) is 3.87. The van der Waals surface area contributed by atoms with E-state index < -0.39 is 0 Å². The Bertz CT molecular complexity index is 102. The smallest absolute Gasteiger partial charge is 0.0323 e. The van der Waals surface area contributed by atoms with Crippen LogP contribution in [0.25, 0.3) is 0 Å². The summed E-state index contributed by atoms with van der Waals surface area (Å²) in [5.74, 6) is 0. The molecule has 0 aliphatic carbocycles. The van der Waals surface area contributed by atoms with E-state index in [2.05, 4.69) is 31.3 Å². The van der Waals surface area contributed by atoms with E-state index in [1.165, 1.54) is 25.9 Å². The van der Waals surface area contributed by atoms with Gasteiger partial charge in [0, 0.05) is 48.0 Å². The van der Waals surface area contributed by atoms with Crippen LogP contribution in [0.4, 0.5) is 0 Å². The standard InChI is InChI=1S/C6H11IN2/c7-9-5-1-2-6(9)4-8-3-5/h5-6,8H,1-4H2. The van der Waals surface area contributed by atoms with Gasteiger partial charge >= 0.3 is 0 Å². The summed E-state index contributed by atoms with van der Waals surface area (Å²) in [7, 11) is 0. The van der Waals surface area contributed by atoms with E-state index >= 15 is 0 Å². The number of hydrogen-bond acceptors (Lipinski definition) is 2. The van der Waals surface area contributed by atoms with Gasteiger partial charge in [-0.3, -0.25) is 0 Å². The Labute approximate surface area is 69.5 Å². The summed E-state index contributed by atoms with van der Waals surface area (Å²) >= 11 is 2.46. The third kappa shape index (κ3) is 0.991. The highest BCUT2D eigenvalue weighted by atomic mass is 127. The first-order valence-electron chi connectivity index (χ1n) is 3.53. The van der Waals surface area contributed by atoms with Crippen molar-refractivity contribution in [1.82, 2.24) is 8.43 Å². The highest BCUT2D eigenvalue weighted by Gasteiger charge is 2.34. The number of rotatable bonds is 0. The molecule has 1 N–H and O–H groups in total. The van der Waals surface area contributed by atoms with Gasteiger partial charge in [0.15, 0.2) is 0 Å². The molecule has 2 saturated heterocycles. The molecule has 0 amide bonds. The Hall–Kier alpha value is 0.650. The van der Waals surface area contributed by atoms with Crippen molar-refractivity contribution in [3.05, 3.63) is 0 Å². The van der Waals surface area contributed by atoms with Crippen LogP contribution < -0.4 is 5.32 Å². The number of nitrogens with one attached hydrogen (secondary N) is 1. The molecule has 52 valence electrons. The maximum Gasteiger partial charge on any atom is 0.0323 e. The Morgan fingerprint density at radius 2 is 1.78 bits per heavy atom. The zero-order chi connectivity index (χ0) is 6.27. The summed E-state index contributed by atoms with van der Waals surface area (Å²) in [4.78, 5) is 0. The first-order valence-corrected chi connectivity index (χ1v) is 4.49. The summed E-state index contributed by atoms with van der Waals surface area (Å²) in [5.41, 5.74) is 0. The zero-order valence-corrected chi connectivity index (χ0v) is 7.47. The molecule has 0 saturated carbocycles. The van der Waals surface area contributed by atoms with Crippen LogP contribution in [0.2, 0.25) is 0 Å². The number of hydrogen-bond donors (Lipinski definition) is 1. The molecule has 0 aromatic rings. The van der Waals surface area contributed by atoms with E-state index in [0.29, 0.717) is 0 Å². The molecule has 0 aromatic heterocycles. The van der Waals surface area contributed by atoms with Gasteiger partial charge in [-0.1, -0.05) is 0 Å². The lowest BCUT2D eigenvalue weighted by molar-refractivity contribution is 0.313. The van der Waals surface area contributed by atoms with Gasteiger partial charge in [0.2, 0.25) is 0 Å². The molecule has 2 heterocycles. The molecule has 2 atom stereocenters. The first kappa shape index (κ1) is 6.37. The van der Waals surface area contributed by atoms with E-state index in [1.54, 1.807) is 0 Å². The monoisotopic (exact) mass is 238 g/mol. The normalized spacial score (nSPS) is 43.7. The van der Waals surface area contributed by atoms with Crippen LogP contribution in [-0.4, -0.2) is 28.3 Å². The third-order valence-electron chi connectivity index (χ3n) is 2.29. The van der Waals surface area contributed by atoms with Gasteiger partial charge in [0.25, 0.3) is 0 Å². The van der Waals surface area contributed by atoms with Crippen molar-refractivity contribution >= 4 is 22.9 Å². The predicted octanol–water partition coefficient (Wildman–Crippen LogP) is 0.773. The molecular formula is C6H11IN2. The van der Waals surface area contributed by atoms with Gasteiger partial charge in [-0.2, -0.15) is 0 Å². The summed E-state index contributed by atoms with van der Waals surface area (Å²) in [6, 6.07) is 1.67. The van der Waals surface area contributed by atoms with Crippen LogP contribution in [0.5, 0.6) is 0 Å². The van der Waals surface area contributed by atoms with Gasteiger partial charge in [-0.05, 0) is 12.8 Å². The van der Waals surface area contributed by atoms with E-state index in [4.69, 9.17) is 0 Å². The lowest BCUT2D eigenvalue weighted by Gasteiger charge is -2.29. The maximum atomic E-state index is 3.43. The summed E-state index contributed by atoms with van der Waals surface area (Å²) in [6.45, 7) is 2.42. The van der Waals surface area contributed by atoms with Crippen molar-refractivity contribution in [2.75, 3.05) is 13.1 Å². The van der Waals surface area contributed by atoms with E-state index in [0.717, 1.165) is 12.1 Å². The van der Waals surface area contributed by atoms with Crippen LogP contribution in [0, 0.1) is 0 Å². The number of nitrogens with zero attached hydrogens (tertiary/aromatic N) is 1. The molecule has 2 unspecified atom stereocenters. The molecule has 2 aliphatic heterocycles. The number of fused-ring (bicyclic) bond motifs is 2. The lowest BCUT2D eigenvalue weighted by atomic mass is 10.2. The average Bonchev–Trinajstić information content (AvgIpc) is 2.19. The first-order chi connectivity index (χ1) is 4.38. The van der Waals surface area contributed by atoms with Crippen LogP contribution in [0.3, 0.4) is 0 Å². The molecule has 2 rings (SSSR count). The van der Waals surface area contributed by atoms with Crippen molar-refractivity contribution in [3.63, 3.8) is 0 Å². The molecule has 0 aromatic carbocycles. The highest BCUT2D eigenvalue weighted by Crippen LogP contribution is 2.29. The van der Waals surface area contributed by atoms with Crippen LogP contribution in [-0.2, 0) is 0 Å². The molecule has 2 bridgehead atoms. The van der Waals surface area contributed by atoms with Crippen molar-refractivity contribution in [3.8, 4) is 0 Å². The van der Waals surface area contributed by atoms with Gasteiger partial charge in [0.1, 0.15) is 0 Å². The minimum absolute atomic E-state index is 0.837. The Morgan fingerprint density at radius 1 is 1.22 bits per heavy atom. The second kappa shape index (κ2) is 2.36. The SMILES string of the molecule is IN1C2CCC1CNC2. The quantitative estimate of drug-likeness (QED) is 0.495. The minimum Gasteiger partial charge on any atom is -0.314 e. The molecular weight excluding hydrogens is 227 g/mol. The van der Waals surface area contributed by atoms with Crippen LogP contribution in [0.15, 0.2) is 0 Å². The predicted molar refractivity (Wildman–Crippen MR) is 45.5 cm³/mol. The average molecular weight is 238 g/mol. The fourth-order valence-electron chi connectivity index (χ4n) is 1.72. The molecule has 3 heteroatoms. The fourth-order valence-corrected chi connectivity index (χ4v) is 2.68. The van der Waals surface area contributed by atoms with E-state index in [9.17, 15) is 0 Å². The Balaban J connectivity index is 2.10. The molecule has 2 nitrogen and oxygen atoms in total. The fraction of sp³-hybridized carbons (Fsp3) is 1.00. The Morgan fingerprint density at radius 3 is 2.22 bits per heavy atom. The topological polar surface area (TPSA) is 15.3 Å². The van der Waals surface area contributed by atoms with Crippen LogP contribution in [0.1, 0.15) is 12.8 Å². The molecule has 2 aliphatic rings. The zero-order valence-electron chi connectivity index (χ0n) is 5.31. The summed E-state index contributed by atoms with van der Waals surface area (Å²) in [6.07, 6.45) is 2.81.